The molecule has 44 heavy (non-hydrogen) atoms. The fraction of sp³-hybridized carbons (Fsp3) is 0.194. The van der Waals surface area contributed by atoms with Gasteiger partial charge in [-0.1, -0.05) is 36.9 Å². The number of aromatic nitrogens is 4. The highest BCUT2D eigenvalue weighted by Gasteiger charge is 2.30. The van der Waals surface area contributed by atoms with E-state index in [1.807, 2.05) is 88.4 Å². The third-order valence-electron chi connectivity index (χ3n) is 8.22. The van der Waals surface area contributed by atoms with E-state index >= 15 is 0 Å². The zero-order chi connectivity index (χ0) is 31.4. The second kappa shape index (κ2) is 10.3. The Balaban J connectivity index is 1.67. The van der Waals surface area contributed by atoms with E-state index in [1.165, 1.54) is 0 Å². The highest BCUT2D eigenvalue weighted by molar-refractivity contribution is 6.05. The number of rotatable bonds is 6. The molecule has 6 rings (SSSR count). The number of hydrogen-bond donors (Lipinski definition) is 0. The highest BCUT2D eigenvalue weighted by Crippen LogP contribution is 2.39. The first-order valence-electron chi connectivity index (χ1n) is 14.2. The van der Waals surface area contributed by atoms with Gasteiger partial charge in [0.25, 0.3) is 0 Å². The number of carbonyl (C=O) groups excluding carboxylic acids is 1. The van der Waals surface area contributed by atoms with Crippen LogP contribution in [0.1, 0.15) is 38.8 Å². The van der Waals surface area contributed by atoms with Crippen LogP contribution >= 0.6 is 0 Å². The van der Waals surface area contributed by atoms with E-state index in [-0.39, 0.29) is 5.69 Å². The van der Waals surface area contributed by atoms with Gasteiger partial charge in [-0.25, -0.2) is 9.59 Å². The van der Waals surface area contributed by atoms with E-state index in [2.05, 4.69) is 18.7 Å². The van der Waals surface area contributed by atoms with E-state index in [0.29, 0.717) is 22.2 Å². The molecule has 0 bridgehead atoms. The molecular formula is C36H31N5O3. The Hall–Kier alpha value is -5.55. The number of ether oxygens (including phenoxy) is 1. The molecule has 8 heteroatoms. The minimum Gasteiger partial charge on any atom is -0.452 e. The van der Waals surface area contributed by atoms with Crippen molar-refractivity contribution >= 4 is 38.8 Å². The van der Waals surface area contributed by atoms with Crippen LogP contribution in [0, 0.1) is 11.3 Å². The van der Waals surface area contributed by atoms with E-state index < -0.39 is 17.0 Å². The van der Waals surface area contributed by atoms with Crippen LogP contribution < -0.4 is 5.69 Å². The van der Waals surface area contributed by atoms with Gasteiger partial charge < -0.3 is 4.74 Å². The van der Waals surface area contributed by atoms with Crippen LogP contribution in [-0.4, -0.2) is 25.1 Å². The van der Waals surface area contributed by atoms with Gasteiger partial charge >= 0.3 is 11.7 Å². The summed E-state index contributed by atoms with van der Waals surface area (Å²) in [7, 11) is 1.72. The fourth-order valence-electron chi connectivity index (χ4n) is 5.68. The number of esters is 1. The van der Waals surface area contributed by atoms with Crippen LogP contribution in [0.3, 0.4) is 0 Å². The molecule has 0 radical (unpaired) electrons. The molecule has 0 atom stereocenters. The quantitative estimate of drug-likeness (QED) is 0.157. The van der Waals surface area contributed by atoms with Crippen LogP contribution in [0.5, 0.6) is 0 Å². The molecule has 3 aromatic carbocycles. The minimum absolute atomic E-state index is 0.222. The summed E-state index contributed by atoms with van der Waals surface area (Å²) in [5, 5.41) is 11.3. The number of benzene rings is 3. The summed E-state index contributed by atoms with van der Waals surface area (Å²) >= 11 is 0. The summed E-state index contributed by atoms with van der Waals surface area (Å²) in [5.74, 6) is -0.541. The van der Waals surface area contributed by atoms with Crippen molar-refractivity contribution in [1.82, 2.24) is 19.1 Å². The van der Waals surface area contributed by atoms with Crippen LogP contribution in [0.15, 0.2) is 96.6 Å². The SMILES string of the molecule is C=CC(=O)OC(C)(C)c1cc2ncc3c(c2cc1-c1cnc2ccccc2c1)n(-c1ccc(C(C)(C)C#N)cc1)c(=O)n3C. The number of fused-ring (bicyclic) bond motifs is 4. The molecule has 3 heterocycles. The van der Waals surface area contributed by atoms with Gasteiger partial charge in [0.1, 0.15) is 5.60 Å². The number of imidazole rings is 1. The lowest BCUT2D eigenvalue weighted by atomic mass is 9.86. The maximum atomic E-state index is 13.7. The molecule has 6 aromatic rings. The average molecular weight is 582 g/mol. The Kier molecular flexibility index (Phi) is 6.70. The monoisotopic (exact) mass is 581 g/mol. The summed E-state index contributed by atoms with van der Waals surface area (Å²) in [5.41, 5.74) is 4.80. The first kappa shape index (κ1) is 28.6. The zero-order valence-corrected chi connectivity index (χ0v) is 25.3. The van der Waals surface area contributed by atoms with E-state index in [9.17, 15) is 14.9 Å². The van der Waals surface area contributed by atoms with Crippen LogP contribution in [0.2, 0.25) is 0 Å². The van der Waals surface area contributed by atoms with E-state index in [1.54, 1.807) is 28.6 Å². The normalized spacial score (nSPS) is 12.0. The Bertz CT molecular complexity index is 2230. The molecule has 0 aliphatic heterocycles. The van der Waals surface area contributed by atoms with Crippen molar-refractivity contribution in [3.63, 3.8) is 0 Å². The predicted octanol–water partition coefficient (Wildman–Crippen LogP) is 6.86. The van der Waals surface area contributed by atoms with E-state index in [0.717, 1.165) is 44.6 Å². The van der Waals surface area contributed by atoms with Crippen molar-refractivity contribution in [2.45, 2.75) is 38.7 Å². The minimum atomic E-state index is -1.04. The molecule has 218 valence electrons. The first-order valence-corrected chi connectivity index (χ1v) is 14.2. The molecule has 0 amide bonds. The van der Waals surface area contributed by atoms with Crippen molar-refractivity contribution in [2.75, 3.05) is 0 Å². The first-order chi connectivity index (χ1) is 20.9. The Morgan fingerprint density at radius 1 is 0.977 bits per heavy atom. The van der Waals surface area contributed by atoms with Gasteiger partial charge in [-0.15, -0.1) is 0 Å². The highest BCUT2D eigenvalue weighted by atomic mass is 16.6. The summed E-state index contributed by atoms with van der Waals surface area (Å²) in [6, 6.07) is 23.6. The van der Waals surface area contributed by atoms with Gasteiger partial charge in [-0.3, -0.25) is 19.1 Å². The van der Waals surface area contributed by atoms with Crippen molar-refractivity contribution in [1.29, 1.82) is 5.26 Å². The van der Waals surface area contributed by atoms with Crippen molar-refractivity contribution in [3.8, 4) is 22.9 Å². The smallest absolute Gasteiger partial charge is 0.333 e. The van der Waals surface area contributed by atoms with Gasteiger partial charge in [-0.05, 0) is 75.2 Å². The molecule has 0 saturated heterocycles. The number of aryl methyl sites for hydroxylation is 1. The number of pyridine rings is 2. The topological polar surface area (TPSA) is 103 Å². The number of nitriles is 1. The Morgan fingerprint density at radius 3 is 2.39 bits per heavy atom. The summed E-state index contributed by atoms with van der Waals surface area (Å²) < 4.78 is 9.09. The summed E-state index contributed by atoms with van der Waals surface area (Å²) in [6.45, 7) is 10.9. The van der Waals surface area contributed by atoms with Crippen LogP contribution in [0.4, 0.5) is 0 Å². The molecule has 0 fully saturated rings. The number of para-hydroxylation sites is 1. The van der Waals surface area contributed by atoms with Crippen molar-refractivity contribution < 1.29 is 9.53 Å². The molecule has 8 nitrogen and oxygen atoms in total. The van der Waals surface area contributed by atoms with Crippen LogP contribution in [-0.2, 0) is 27.6 Å². The number of nitrogens with zero attached hydrogens (tertiary/aromatic N) is 5. The lowest BCUT2D eigenvalue weighted by Crippen LogP contribution is -2.25. The maximum absolute atomic E-state index is 13.7. The van der Waals surface area contributed by atoms with Gasteiger partial charge in [0, 0.05) is 41.2 Å². The molecule has 0 unspecified atom stereocenters. The predicted molar refractivity (Wildman–Crippen MR) is 173 cm³/mol. The largest absolute Gasteiger partial charge is 0.452 e. The van der Waals surface area contributed by atoms with Crippen molar-refractivity contribution in [3.05, 3.63) is 113 Å². The number of hydrogen-bond acceptors (Lipinski definition) is 6. The third-order valence-corrected chi connectivity index (χ3v) is 8.22. The fourth-order valence-corrected chi connectivity index (χ4v) is 5.68. The second-order valence-corrected chi connectivity index (χ2v) is 11.9. The van der Waals surface area contributed by atoms with Gasteiger partial charge in [0.2, 0.25) is 0 Å². The molecule has 3 aromatic heterocycles. The van der Waals surface area contributed by atoms with Gasteiger partial charge in [0.15, 0.2) is 0 Å². The molecule has 0 saturated carbocycles. The molecule has 0 aliphatic rings. The maximum Gasteiger partial charge on any atom is 0.333 e. The molecule has 0 spiro atoms. The lowest BCUT2D eigenvalue weighted by Gasteiger charge is -2.28. The van der Waals surface area contributed by atoms with Gasteiger partial charge in [-0.2, -0.15) is 5.26 Å². The second-order valence-electron chi connectivity index (χ2n) is 11.9. The lowest BCUT2D eigenvalue weighted by molar-refractivity contribution is -0.151. The molecule has 0 aliphatic carbocycles. The van der Waals surface area contributed by atoms with Crippen LogP contribution in [0.25, 0.3) is 49.7 Å². The zero-order valence-electron chi connectivity index (χ0n) is 25.3. The average Bonchev–Trinajstić information content (AvgIpc) is 3.29. The Morgan fingerprint density at radius 2 is 1.68 bits per heavy atom. The van der Waals surface area contributed by atoms with Gasteiger partial charge in [0.05, 0.1) is 45.4 Å². The summed E-state index contributed by atoms with van der Waals surface area (Å²) in [6.07, 6.45) is 4.64. The summed E-state index contributed by atoms with van der Waals surface area (Å²) in [4.78, 5) is 35.5. The van der Waals surface area contributed by atoms with E-state index in [4.69, 9.17) is 14.7 Å². The van der Waals surface area contributed by atoms with Crippen molar-refractivity contribution in [2.24, 2.45) is 7.05 Å². The standard InChI is InChI=1S/C36H31N5O3/c1-7-32(42)44-36(4,5)28-18-30-27(17-26(28)23-16-22-10-8-9-11-29(22)38-19-23)33-31(20-39-30)40(6)34(43)41(33)25-14-12-24(13-15-25)35(2,3)21-37/h7-20H,1H2,2-6H3. The third kappa shape index (κ3) is 4.63. The molecular weight excluding hydrogens is 550 g/mol. The number of carbonyl (C=O) groups is 1. The molecule has 0 N–H and O–H groups in total. The Labute approximate surface area is 254 Å².